The molecule has 0 bridgehead atoms. The van der Waals surface area contributed by atoms with Crippen LogP contribution in [0.3, 0.4) is 0 Å². The number of aliphatic imine (C=N–C) groups is 1. The Labute approximate surface area is 168 Å². The van der Waals surface area contributed by atoms with E-state index in [1.54, 1.807) is 0 Å². The number of guanidine groups is 1. The van der Waals surface area contributed by atoms with Crippen molar-refractivity contribution < 1.29 is 4.74 Å². The highest BCUT2D eigenvalue weighted by molar-refractivity contribution is 5.79. The van der Waals surface area contributed by atoms with E-state index in [0.29, 0.717) is 19.3 Å². The zero-order valence-corrected chi connectivity index (χ0v) is 16.7. The summed E-state index contributed by atoms with van der Waals surface area (Å²) in [6.45, 7) is 5.11. The molecule has 6 heteroatoms. The number of nitrogens with zero attached hydrogens (tertiary/aromatic N) is 3. The number of hydrogen-bond donors (Lipinski definition) is 2. The zero-order chi connectivity index (χ0) is 19.4. The fourth-order valence-electron chi connectivity index (χ4n) is 3.35. The minimum atomic E-state index is 0.455. The second-order valence-electron chi connectivity index (χ2n) is 7.05. The molecule has 6 nitrogen and oxygen atoms in total. The predicted octanol–water partition coefficient (Wildman–Crippen LogP) is 2.43. The average Bonchev–Trinajstić information content (AvgIpc) is 2.75. The third-order valence-corrected chi connectivity index (χ3v) is 4.91. The van der Waals surface area contributed by atoms with Gasteiger partial charge in [-0.15, -0.1) is 0 Å². The van der Waals surface area contributed by atoms with Crippen LogP contribution >= 0.6 is 0 Å². The molecule has 0 amide bonds. The SMILES string of the molecule is CN=C(NCCOCc1ccccc1)NC1CCN(Cc2ccccn2)CC1. The van der Waals surface area contributed by atoms with Crippen LogP contribution in [0.25, 0.3) is 0 Å². The summed E-state index contributed by atoms with van der Waals surface area (Å²) in [4.78, 5) is 11.2. The van der Waals surface area contributed by atoms with E-state index in [1.807, 2.05) is 37.5 Å². The zero-order valence-electron chi connectivity index (χ0n) is 16.7. The fourth-order valence-corrected chi connectivity index (χ4v) is 3.35. The van der Waals surface area contributed by atoms with Gasteiger partial charge in [-0.25, -0.2) is 0 Å². The monoisotopic (exact) mass is 381 g/mol. The van der Waals surface area contributed by atoms with Crippen molar-refractivity contribution in [2.24, 2.45) is 4.99 Å². The molecular formula is C22H31N5O. The molecule has 1 saturated heterocycles. The van der Waals surface area contributed by atoms with Gasteiger partial charge < -0.3 is 15.4 Å². The summed E-state index contributed by atoms with van der Waals surface area (Å²) >= 11 is 0. The van der Waals surface area contributed by atoms with Crippen LogP contribution in [-0.4, -0.2) is 55.2 Å². The first-order chi connectivity index (χ1) is 13.8. The van der Waals surface area contributed by atoms with Crippen LogP contribution in [0.5, 0.6) is 0 Å². The van der Waals surface area contributed by atoms with Crippen molar-refractivity contribution in [1.29, 1.82) is 0 Å². The number of ether oxygens (including phenoxy) is 1. The van der Waals surface area contributed by atoms with Gasteiger partial charge in [0.1, 0.15) is 0 Å². The lowest BCUT2D eigenvalue weighted by atomic mass is 10.1. The molecule has 0 radical (unpaired) electrons. The van der Waals surface area contributed by atoms with Crippen molar-refractivity contribution in [3.63, 3.8) is 0 Å². The number of pyridine rings is 1. The maximum atomic E-state index is 5.72. The molecule has 1 fully saturated rings. The molecule has 1 aromatic carbocycles. The number of benzene rings is 1. The maximum absolute atomic E-state index is 5.72. The van der Waals surface area contributed by atoms with Gasteiger partial charge in [0.15, 0.2) is 5.96 Å². The summed E-state index contributed by atoms with van der Waals surface area (Å²) in [7, 11) is 1.82. The van der Waals surface area contributed by atoms with Gasteiger partial charge in [-0.05, 0) is 30.5 Å². The molecule has 150 valence electrons. The molecule has 1 aliphatic rings. The van der Waals surface area contributed by atoms with Crippen molar-refractivity contribution >= 4 is 5.96 Å². The van der Waals surface area contributed by atoms with Crippen LogP contribution in [0.1, 0.15) is 24.1 Å². The molecule has 3 rings (SSSR count). The summed E-state index contributed by atoms with van der Waals surface area (Å²) in [6.07, 6.45) is 4.08. The van der Waals surface area contributed by atoms with Crippen LogP contribution in [0, 0.1) is 0 Å². The number of nitrogens with one attached hydrogen (secondary N) is 2. The van der Waals surface area contributed by atoms with Gasteiger partial charge in [0.2, 0.25) is 0 Å². The Morgan fingerprint density at radius 1 is 1.14 bits per heavy atom. The molecule has 0 aliphatic carbocycles. The molecule has 1 aromatic heterocycles. The molecule has 2 heterocycles. The molecule has 28 heavy (non-hydrogen) atoms. The van der Waals surface area contributed by atoms with E-state index in [2.05, 4.69) is 49.8 Å². The number of hydrogen-bond acceptors (Lipinski definition) is 4. The van der Waals surface area contributed by atoms with Crippen molar-refractivity contribution in [3.05, 3.63) is 66.0 Å². The topological polar surface area (TPSA) is 61.8 Å². The lowest BCUT2D eigenvalue weighted by molar-refractivity contribution is 0.125. The Hall–Kier alpha value is -2.44. The third-order valence-electron chi connectivity index (χ3n) is 4.91. The van der Waals surface area contributed by atoms with Gasteiger partial charge in [0.25, 0.3) is 0 Å². The lowest BCUT2D eigenvalue weighted by Crippen LogP contribution is -2.49. The molecule has 0 atom stereocenters. The number of likely N-dealkylation sites (tertiary alicyclic amines) is 1. The fraction of sp³-hybridized carbons (Fsp3) is 0.455. The van der Waals surface area contributed by atoms with Crippen LogP contribution < -0.4 is 10.6 Å². The maximum Gasteiger partial charge on any atom is 0.191 e. The van der Waals surface area contributed by atoms with E-state index in [9.17, 15) is 0 Å². The van der Waals surface area contributed by atoms with Gasteiger partial charge in [-0.1, -0.05) is 36.4 Å². The summed E-state index contributed by atoms with van der Waals surface area (Å²) in [5, 5.41) is 6.88. The van der Waals surface area contributed by atoms with E-state index < -0.39 is 0 Å². The van der Waals surface area contributed by atoms with Gasteiger partial charge >= 0.3 is 0 Å². The minimum absolute atomic E-state index is 0.455. The molecule has 1 aliphatic heterocycles. The molecule has 2 aromatic rings. The highest BCUT2D eigenvalue weighted by Gasteiger charge is 2.20. The summed E-state index contributed by atoms with van der Waals surface area (Å²) in [5.74, 6) is 0.853. The van der Waals surface area contributed by atoms with E-state index in [0.717, 1.165) is 50.7 Å². The van der Waals surface area contributed by atoms with E-state index >= 15 is 0 Å². The van der Waals surface area contributed by atoms with Gasteiger partial charge in [-0.2, -0.15) is 0 Å². The second kappa shape index (κ2) is 11.4. The highest BCUT2D eigenvalue weighted by Crippen LogP contribution is 2.12. The number of rotatable bonds is 8. The summed E-state index contributed by atoms with van der Waals surface area (Å²) in [6, 6.07) is 16.8. The Morgan fingerprint density at radius 3 is 2.64 bits per heavy atom. The normalized spacial score (nSPS) is 16.1. The van der Waals surface area contributed by atoms with Crippen LogP contribution in [0.4, 0.5) is 0 Å². The smallest absolute Gasteiger partial charge is 0.191 e. The molecule has 0 unspecified atom stereocenters. The van der Waals surface area contributed by atoms with Crippen LogP contribution in [0.15, 0.2) is 59.7 Å². The Balaban J connectivity index is 1.30. The van der Waals surface area contributed by atoms with Crippen LogP contribution in [-0.2, 0) is 17.9 Å². The average molecular weight is 382 g/mol. The van der Waals surface area contributed by atoms with Crippen molar-refractivity contribution in [3.8, 4) is 0 Å². The van der Waals surface area contributed by atoms with Crippen LogP contribution in [0.2, 0.25) is 0 Å². The van der Waals surface area contributed by atoms with E-state index in [-0.39, 0.29) is 0 Å². The van der Waals surface area contributed by atoms with Gasteiger partial charge in [-0.3, -0.25) is 14.9 Å². The van der Waals surface area contributed by atoms with Crippen molar-refractivity contribution in [2.75, 3.05) is 33.3 Å². The Kier molecular flexibility index (Phi) is 8.27. The lowest BCUT2D eigenvalue weighted by Gasteiger charge is -2.32. The number of aromatic nitrogens is 1. The summed E-state index contributed by atoms with van der Waals surface area (Å²) in [5.41, 5.74) is 2.34. The third kappa shape index (κ3) is 6.94. The minimum Gasteiger partial charge on any atom is -0.375 e. The standard InChI is InChI=1S/C22H31N5O/c1-23-22(25-13-16-28-18-19-7-3-2-4-8-19)26-20-10-14-27(15-11-20)17-21-9-5-6-12-24-21/h2-9,12,20H,10-11,13-18H2,1H3,(H2,23,25,26). The van der Waals surface area contributed by atoms with Gasteiger partial charge in [0.05, 0.1) is 18.9 Å². The molecule has 2 N–H and O–H groups in total. The predicted molar refractivity (Wildman–Crippen MR) is 113 cm³/mol. The first-order valence-corrected chi connectivity index (χ1v) is 10.0. The van der Waals surface area contributed by atoms with E-state index in [1.165, 1.54) is 5.56 Å². The number of piperidine rings is 1. The van der Waals surface area contributed by atoms with Gasteiger partial charge in [0, 0.05) is 45.5 Å². The van der Waals surface area contributed by atoms with Crippen molar-refractivity contribution in [2.45, 2.75) is 32.0 Å². The highest BCUT2D eigenvalue weighted by atomic mass is 16.5. The largest absolute Gasteiger partial charge is 0.375 e. The first kappa shape index (κ1) is 20.3. The summed E-state index contributed by atoms with van der Waals surface area (Å²) < 4.78 is 5.72. The Bertz CT molecular complexity index is 699. The molecular weight excluding hydrogens is 350 g/mol. The quantitative estimate of drug-likeness (QED) is 0.418. The van der Waals surface area contributed by atoms with Crippen molar-refractivity contribution in [1.82, 2.24) is 20.5 Å². The molecule has 0 saturated carbocycles. The van der Waals surface area contributed by atoms with E-state index in [4.69, 9.17) is 4.74 Å². The molecule has 0 spiro atoms. The second-order valence-corrected chi connectivity index (χ2v) is 7.05. The first-order valence-electron chi connectivity index (χ1n) is 10.0. The Morgan fingerprint density at radius 2 is 1.93 bits per heavy atom.